The SMILES string of the molecule is CC1=NOC(C)(CNCC(=O)NCCc2cccc(Cl)c2)C1. The Kier molecular flexibility index (Phi) is 5.80. The molecule has 0 spiro atoms. The minimum atomic E-state index is -0.342. The third-order valence-electron chi connectivity index (χ3n) is 3.46. The van der Waals surface area contributed by atoms with E-state index in [2.05, 4.69) is 15.8 Å². The van der Waals surface area contributed by atoms with E-state index in [1.807, 2.05) is 38.1 Å². The summed E-state index contributed by atoms with van der Waals surface area (Å²) in [5, 5.41) is 10.7. The van der Waals surface area contributed by atoms with Gasteiger partial charge in [0.25, 0.3) is 0 Å². The molecule has 0 aliphatic carbocycles. The fraction of sp³-hybridized carbons (Fsp3) is 0.500. The molecule has 1 aromatic rings. The van der Waals surface area contributed by atoms with Crippen LogP contribution < -0.4 is 10.6 Å². The fourth-order valence-electron chi connectivity index (χ4n) is 2.43. The van der Waals surface area contributed by atoms with E-state index in [1.165, 1.54) is 0 Å². The second-order valence-corrected chi connectivity index (χ2v) is 6.31. The zero-order chi connectivity index (χ0) is 16.0. The summed E-state index contributed by atoms with van der Waals surface area (Å²) in [7, 11) is 0. The van der Waals surface area contributed by atoms with Crippen molar-refractivity contribution in [1.82, 2.24) is 10.6 Å². The predicted octanol–water partition coefficient (Wildman–Crippen LogP) is 2.14. The molecule has 5 nitrogen and oxygen atoms in total. The molecule has 1 aromatic carbocycles. The van der Waals surface area contributed by atoms with Crippen molar-refractivity contribution < 1.29 is 9.63 Å². The van der Waals surface area contributed by atoms with Crippen molar-refractivity contribution in [2.75, 3.05) is 19.6 Å². The molecule has 0 fully saturated rings. The molecule has 1 amide bonds. The number of carbonyl (C=O) groups excluding carboxylic acids is 1. The predicted molar refractivity (Wildman–Crippen MR) is 88.3 cm³/mol. The summed E-state index contributed by atoms with van der Waals surface area (Å²) in [6.45, 7) is 5.38. The van der Waals surface area contributed by atoms with Crippen LogP contribution in [0.3, 0.4) is 0 Å². The van der Waals surface area contributed by atoms with Crippen LogP contribution in [0.5, 0.6) is 0 Å². The molecule has 0 radical (unpaired) electrons. The molecule has 6 heteroatoms. The quantitative estimate of drug-likeness (QED) is 0.808. The Morgan fingerprint density at radius 1 is 1.50 bits per heavy atom. The smallest absolute Gasteiger partial charge is 0.233 e. The average Bonchev–Trinajstić information content (AvgIpc) is 2.79. The normalized spacial score (nSPS) is 20.4. The highest BCUT2D eigenvalue weighted by Gasteiger charge is 2.32. The number of hydrogen-bond acceptors (Lipinski definition) is 4. The van der Waals surface area contributed by atoms with E-state index in [1.54, 1.807) is 0 Å². The van der Waals surface area contributed by atoms with Crippen LogP contribution in [0.1, 0.15) is 25.8 Å². The van der Waals surface area contributed by atoms with Crippen LogP contribution >= 0.6 is 11.6 Å². The van der Waals surface area contributed by atoms with Crippen molar-refractivity contribution in [3.05, 3.63) is 34.9 Å². The molecule has 0 saturated heterocycles. The van der Waals surface area contributed by atoms with Crippen LogP contribution in [0.2, 0.25) is 5.02 Å². The lowest BCUT2D eigenvalue weighted by molar-refractivity contribution is -0.120. The third kappa shape index (κ3) is 5.31. The summed E-state index contributed by atoms with van der Waals surface area (Å²) in [4.78, 5) is 17.1. The molecule has 0 aromatic heterocycles. The lowest BCUT2D eigenvalue weighted by Gasteiger charge is -2.21. The number of halogens is 1. The molecular formula is C16H22ClN3O2. The summed E-state index contributed by atoms with van der Waals surface area (Å²) in [6.07, 6.45) is 1.55. The number of amides is 1. The molecule has 1 unspecified atom stereocenters. The summed E-state index contributed by atoms with van der Waals surface area (Å²) in [5.74, 6) is -0.0266. The van der Waals surface area contributed by atoms with Gasteiger partial charge in [-0.05, 0) is 38.0 Å². The van der Waals surface area contributed by atoms with E-state index in [4.69, 9.17) is 16.4 Å². The van der Waals surface area contributed by atoms with Crippen LogP contribution in [0.25, 0.3) is 0 Å². The monoisotopic (exact) mass is 323 g/mol. The zero-order valence-corrected chi connectivity index (χ0v) is 13.7. The highest BCUT2D eigenvalue weighted by molar-refractivity contribution is 6.30. The second kappa shape index (κ2) is 7.61. The number of nitrogens with one attached hydrogen (secondary N) is 2. The number of benzene rings is 1. The van der Waals surface area contributed by atoms with Gasteiger partial charge in [0.2, 0.25) is 5.91 Å². The van der Waals surface area contributed by atoms with Crippen molar-refractivity contribution in [2.45, 2.75) is 32.3 Å². The Morgan fingerprint density at radius 2 is 2.32 bits per heavy atom. The lowest BCUT2D eigenvalue weighted by Crippen LogP contribution is -2.42. The van der Waals surface area contributed by atoms with Crippen LogP contribution in [-0.4, -0.2) is 36.9 Å². The van der Waals surface area contributed by atoms with Gasteiger partial charge >= 0.3 is 0 Å². The molecule has 1 atom stereocenters. The minimum absolute atomic E-state index is 0.0266. The lowest BCUT2D eigenvalue weighted by atomic mass is 10.0. The van der Waals surface area contributed by atoms with Crippen molar-refractivity contribution >= 4 is 23.2 Å². The van der Waals surface area contributed by atoms with E-state index < -0.39 is 0 Å². The number of rotatable bonds is 7. The Hall–Kier alpha value is -1.59. The van der Waals surface area contributed by atoms with E-state index in [0.717, 1.165) is 24.1 Å². The average molecular weight is 324 g/mol. The van der Waals surface area contributed by atoms with E-state index in [0.29, 0.717) is 18.1 Å². The minimum Gasteiger partial charge on any atom is -0.388 e. The first-order valence-electron chi connectivity index (χ1n) is 7.40. The Bertz CT molecular complexity index is 562. The van der Waals surface area contributed by atoms with Gasteiger partial charge in [-0.1, -0.05) is 28.9 Å². The molecule has 0 bridgehead atoms. The molecule has 0 saturated carbocycles. The van der Waals surface area contributed by atoms with Gasteiger partial charge in [0.05, 0.1) is 12.3 Å². The van der Waals surface area contributed by atoms with Gasteiger partial charge in [0.15, 0.2) is 5.60 Å². The van der Waals surface area contributed by atoms with Gasteiger partial charge in [-0.25, -0.2) is 0 Å². The first kappa shape index (κ1) is 16.8. The van der Waals surface area contributed by atoms with E-state index in [-0.39, 0.29) is 18.1 Å². The highest BCUT2D eigenvalue weighted by Crippen LogP contribution is 2.22. The standard InChI is InChI=1S/C16H22ClN3O2/c1-12-9-16(2,22-20-12)11-18-10-15(21)19-7-6-13-4-3-5-14(17)8-13/h3-5,8,18H,6-7,9-11H2,1-2H3,(H,19,21). The molecule has 120 valence electrons. The van der Waals surface area contributed by atoms with E-state index in [9.17, 15) is 4.79 Å². The maximum absolute atomic E-state index is 11.8. The van der Waals surface area contributed by atoms with Crippen molar-refractivity contribution in [2.24, 2.45) is 5.16 Å². The first-order valence-corrected chi connectivity index (χ1v) is 7.78. The highest BCUT2D eigenvalue weighted by atomic mass is 35.5. The van der Waals surface area contributed by atoms with Crippen LogP contribution in [0.15, 0.2) is 29.4 Å². The summed E-state index contributed by atoms with van der Waals surface area (Å²) in [6, 6.07) is 7.65. The van der Waals surface area contributed by atoms with Gasteiger partial charge in [-0.2, -0.15) is 0 Å². The van der Waals surface area contributed by atoms with Gasteiger partial charge < -0.3 is 15.5 Å². The van der Waals surface area contributed by atoms with Crippen molar-refractivity contribution in [3.63, 3.8) is 0 Å². The Morgan fingerprint density at radius 3 is 3.00 bits per heavy atom. The van der Waals surface area contributed by atoms with Crippen LogP contribution in [-0.2, 0) is 16.1 Å². The van der Waals surface area contributed by atoms with Crippen LogP contribution in [0, 0.1) is 0 Å². The molecule has 1 heterocycles. The molecule has 1 aliphatic heterocycles. The molecule has 22 heavy (non-hydrogen) atoms. The topological polar surface area (TPSA) is 62.7 Å². The first-order chi connectivity index (χ1) is 10.5. The third-order valence-corrected chi connectivity index (χ3v) is 3.70. The maximum Gasteiger partial charge on any atom is 0.233 e. The van der Waals surface area contributed by atoms with E-state index >= 15 is 0 Å². The van der Waals surface area contributed by atoms with Gasteiger partial charge in [-0.3, -0.25) is 4.79 Å². The largest absolute Gasteiger partial charge is 0.388 e. The van der Waals surface area contributed by atoms with Gasteiger partial charge in [0, 0.05) is 24.5 Å². The number of carbonyl (C=O) groups is 1. The van der Waals surface area contributed by atoms with Crippen molar-refractivity contribution in [3.8, 4) is 0 Å². The molecular weight excluding hydrogens is 302 g/mol. The van der Waals surface area contributed by atoms with Gasteiger partial charge in [0.1, 0.15) is 0 Å². The number of oxime groups is 1. The van der Waals surface area contributed by atoms with Crippen molar-refractivity contribution in [1.29, 1.82) is 0 Å². The Balaban J connectivity index is 1.60. The summed E-state index contributed by atoms with van der Waals surface area (Å²) < 4.78 is 0. The maximum atomic E-state index is 11.8. The number of nitrogens with zero attached hydrogens (tertiary/aromatic N) is 1. The molecule has 1 aliphatic rings. The summed E-state index contributed by atoms with van der Waals surface area (Å²) in [5.41, 5.74) is 1.75. The molecule has 2 N–H and O–H groups in total. The summed E-state index contributed by atoms with van der Waals surface area (Å²) >= 11 is 5.92. The fourth-order valence-corrected chi connectivity index (χ4v) is 2.64. The molecule has 2 rings (SSSR count). The van der Waals surface area contributed by atoms with Crippen LogP contribution in [0.4, 0.5) is 0 Å². The Labute approximate surface area is 136 Å². The van der Waals surface area contributed by atoms with Gasteiger partial charge in [-0.15, -0.1) is 0 Å². The number of hydrogen-bond donors (Lipinski definition) is 2. The zero-order valence-electron chi connectivity index (χ0n) is 13.0. The second-order valence-electron chi connectivity index (χ2n) is 5.88.